The number of carbonyl (C=O) groups is 1. The number of benzene rings is 1. The van der Waals surface area contributed by atoms with Crippen LogP contribution in [0.2, 0.25) is 0 Å². The molecule has 1 aromatic carbocycles. The molecule has 0 radical (unpaired) electrons. The smallest absolute Gasteiger partial charge is 0.348 e. The van der Waals surface area contributed by atoms with E-state index in [0.717, 1.165) is 10.9 Å². The summed E-state index contributed by atoms with van der Waals surface area (Å²) in [6, 6.07) is 7.13. The van der Waals surface area contributed by atoms with E-state index in [1.807, 2.05) is 12.1 Å². The molecule has 3 aromatic rings. The molecule has 5 heterocycles. The number of ether oxygens (including phenoxy) is 3. The fourth-order valence-corrected chi connectivity index (χ4v) is 4.40. The number of nitrogens with zero attached hydrogens (tertiary/aromatic N) is 2. The summed E-state index contributed by atoms with van der Waals surface area (Å²) in [4.78, 5) is 29.9. The van der Waals surface area contributed by atoms with E-state index < -0.39 is 11.6 Å². The summed E-state index contributed by atoms with van der Waals surface area (Å²) in [5.41, 5.74) is 0.227. The van der Waals surface area contributed by atoms with Crippen LogP contribution in [0.15, 0.2) is 29.1 Å². The summed E-state index contributed by atoms with van der Waals surface area (Å²) < 4.78 is 33.0. The Morgan fingerprint density at radius 1 is 1.21 bits per heavy atom. The number of alkyl halides is 1. The lowest BCUT2D eigenvalue weighted by Gasteiger charge is -2.29. The number of fused-ring (bicyclic) bond motifs is 7. The van der Waals surface area contributed by atoms with E-state index in [-0.39, 0.29) is 36.5 Å². The molecule has 146 valence electrons. The maximum absolute atomic E-state index is 15.4. The van der Waals surface area contributed by atoms with Crippen molar-refractivity contribution in [2.45, 2.75) is 32.2 Å². The van der Waals surface area contributed by atoms with Gasteiger partial charge in [-0.25, -0.2) is 14.2 Å². The van der Waals surface area contributed by atoms with Crippen LogP contribution in [0.1, 0.15) is 30.0 Å². The van der Waals surface area contributed by atoms with Crippen LogP contribution in [0.5, 0.6) is 11.5 Å². The van der Waals surface area contributed by atoms with Gasteiger partial charge in [-0.3, -0.25) is 4.79 Å². The third-order valence-corrected chi connectivity index (χ3v) is 5.97. The molecule has 3 aliphatic heterocycles. The minimum atomic E-state index is -2.33. The summed E-state index contributed by atoms with van der Waals surface area (Å²) >= 11 is 0. The highest BCUT2D eigenvalue weighted by molar-refractivity contribution is 5.92. The standard InChI is InChI=1S/C21H15FN2O5/c1-2-21(22)13-6-15-17-10(7-24(15)19(25)12(13)8-27-20(21)26)5-11-14(23-17)3-4-16-18(11)29-9-28-16/h3-6H,2,7-9H2,1H3/t21-/m1/s1. The molecule has 6 rings (SSSR count). The van der Waals surface area contributed by atoms with Gasteiger partial charge in [0.05, 0.1) is 29.0 Å². The van der Waals surface area contributed by atoms with Crippen LogP contribution in [-0.2, 0) is 28.4 Å². The molecule has 0 bridgehead atoms. The molecule has 0 saturated heterocycles. The predicted molar refractivity (Wildman–Crippen MR) is 99.5 cm³/mol. The number of esters is 1. The molecule has 7 nitrogen and oxygen atoms in total. The van der Waals surface area contributed by atoms with Gasteiger partial charge in [-0.15, -0.1) is 0 Å². The minimum absolute atomic E-state index is 0.0907. The first-order chi connectivity index (χ1) is 14.0. The van der Waals surface area contributed by atoms with Gasteiger partial charge in [-0.2, -0.15) is 0 Å². The third kappa shape index (κ3) is 1.98. The van der Waals surface area contributed by atoms with Crippen LogP contribution in [-0.4, -0.2) is 22.3 Å². The first kappa shape index (κ1) is 16.5. The van der Waals surface area contributed by atoms with Crippen LogP contribution in [0.4, 0.5) is 4.39 Å². The fraction of sp³-hybridized carbons (Fsp3) is 0.286. The van der Waals surface area contributed by atoms with Crippen LogP contribution < -0.4 is 15.0 Å². The van der Waals surface area contributed by atoms with Crippen molar-refractivity contribution < 1.29 is 23.4 Å². The van der Waals surface area contributed by atoms with Gasteiger partial charge in [-0.1, -0.05) is 6.92 Å². The maximum atomic E-state index is 15.4. The number of rotatable bonds is 1. The van der Waals surface area contributed by atoms with Crippen molar-refractivity contribution in [3.05, 3.63) is 51.3 Å². The highest BCUT2D eigenvalue weighted by atomic mass is 19.1. The molecule has 0 amide bonds. The highest BCUT2D eigenvalue weighted by Gasteiger charge is 2.47. The van der Waals surface area contributed by atoms with Gasteiger partial charge in [0.1, 0.15) is 6.61 Å². The van der Waals surface area contributed by atoms with E-state index in [9.17, 15) is 9.59 Å². The maximum Gasteiger partial charge on any atom is 0.348 e. The average molecular weight is 394 g/mol. The number of hydrogen-bond donors (Lipinski definition) is 0. The first-order valence-corrected chi connectivity index (χ1v) is 9.37. The number of pyridine rings is 2. The summed E-state index contributed by atoms with van der Waals surface area (Å²) in [5.74, 6) is 0.339. The van der Waals surface area contributed by atoms with Crippen LogP contribution in [0.25, 0.3) is 22.3 Å². The Balaban J connectivity index is 1.62. The summed E-state index contributed by atoms with van der Waals surface area (Å²) in [5, 5.41) is 0.802. The van der Waals surface area contributed by atoms with Gasteiger partial charge < -0.3 is 18.8 Å². The van der Waals surface area contributed by atoms with Crippen molar-refractivity contribution in [2.24, 2.45) is 0 Å². The third-order valence-electron chi connectivity index (χ3n) is 5.97. The average Bonchev–Trinajstić information content (AvgIpc) is 3.34. The molecule has 0 aliphatic carbocycles. The van der Waals surface area contributed by atoms with E-state index in [4.69, 9.17) is 19.2 Å². The molecular weight excluding hydrogens is 379 g/mol. The molecule has 0 fully saturated rings. The second kappa shape index (κ2) is 5.34. The van der Waals surface area contributed by atoms with Gasteiger partial charge in [0, 0.05) is 16.5 Å². The predicted octanol–water partition coefficient (Wildman–Crippen LogP) is 2.79. The largest absolute Gasteiger partial charge is 0.458 e. The van der Waals surface area contributed by atoms with Gasteiger partial charge in [-0.05, 0) is 30.7 Å². The second-order valence-corrected chi connectivity index (χ2v) is 7.41. The lowest BCUT2D eigenvalue weighted by atomic mass is 9.87. The van der Waals surface area contributed by atoms with Gasteiger partial charge >= 0.3 is 5.97 Å². The Kier molecular flexibility index (Phi) is 3.04. The Hall–Kier alpha value is -3.42. The highest BCUT2D eigenvalue weighted by Crippen LogP contribution is 2.43. The number of hydrogen-bond acceptors (Lipinski definition) is 6. The second-order valence-electron chi connectivity index (χ2n) is 7.41. The van der Waals surface area contributed by atoms with E-state index in [1.165, 1.54) is 0 Å². The van der Waals surface area contributed by atoms with Crippen LogP contribution >= 0.6 is 0 Å². The van der Waals surface area contributed by atoms with Crippen LogP contribution in [0.3, 0.4) is 0 Å². The molecule has 0 unspecified atom stereocenters. The van der Waals surface area contributed by atoms with E-state index >= 15 is 4.39 Å². The number of carbonyl (C=O) groups excluding carboxylic acids is 1. The quantitative estimate of drug-likeness (QED) is 0.462. The van der Waals surface area contributed by atoms with Crippen LogP contribution in [0, 0.1) is 0 Å². The Morgan fingerprint density at radius 3 is 2.90 bits per heavy atom. The molecular formula is C21H15FN2O5. The summed E-state index contributed by atoms with van der Waals surface area (Å²) in [7, 11) is 0. The van der Waals surface area contributed by atoms with E-state index in [2.05, 4.69) is 0 Å². The zero-order chi connectivity index (χ0) is 19.9. The van der Waals surface area contributed by atoms with E-state index in [1.54, 1.807) is 23.6 Å². The summed E-state index contributed by atoms with van der Waals surface area (Å²) in [6.07, 6.45) is -0.108. The fourth-order valence-electron chi connectivity index (χ4n) is 4.40. The molecule has 0 N–H and O–H groups in total. The van der Waals surface area contributed by atoms with Crippen molar-refractivity contribution in [2.75, 3.05) is 6.79 Å². The van der Waals surface area contributed by atoms with Crippen molar-refractivity contribution in [1.29, 1.82) is 0 Å². The zero-order valence-corrected chi connectivity index (χ0v) is 15.5. The Morgan fingerprint density at radius 2 is 2.07 bits per heavy atom. The van der Waals surface area contributed by atoms with Crippen molar-refractivity contribution in [3.8, 4) is 22.9 Å². The molecule has 1 atom stereocenters. The van der Waals surface area contributed by atoms with Gasteiger partial charge in [0.25, 0.3) is 5.56 Å². The molecule has 0 spiro atoms. The first-order valence-electron chi connectivity index (χ1n) is 9.37. The summed E-state index contributed by atoms with van der Waals surface area (Å²) in [6.45, 7) is 1.80. The molecule has 8 heteroatoms. The molecule has 3 aliphatic rings. The SMILES string of the molecule is CC[C@]1(F)C(=O)OCc2c1cc1n(c2=O)Cc2cc3c4c(ccc3nc2-1)OCO4. The van der Waals surface area contributed by atoms with Gasteiger partial charge in [0.15, 0.2) is 11.5 Å². The minimum Gasteiger partial charge on any atom is -0.458 e. The number of aromatic nitrogens is 2. The molecule has 0 saturated carbocycles. The Bertz CT molecular complexity index is 1310. The normalized spacial score (nSPS) is 21.0. The number of halogens is 1. The number of cyclic esters (lactones) is 1. The van der Waals surface area contributed by atoms with Crippen molar-refractivity contribution in [1.82, 2.24) is 9.55 Å². The molecule has 29 heavy (non-hydrogen) atoms. The molecule has 2 aromatic heterocycles. The topological polar surface area (TPSA) is 79.7 Å². The zero-order valence-electron chi connectivity index (χ0n) is 15.5. The Labute approximate surface area is 163 Å². The van der Waals surface area contributed by atoms with Crippen molar-refractivity contribution >= 4 is 16.9 Å². The monoisotopic (exact) mass is 394 g/mol. The van der Waals surface area contributed by atoms with Gasteiger partial charge in [0.2, 0.25) is 12.5 Å². The lowest BCUT2D eigenvalue weighted by Crippen LogP contribution is -2.41. The van der Waals surface area contributed by atoms with E-state index in [0.29, 0.717) is 34.9 Å². The van der Waals surface area contributed by atoms with Crippen molar-refractivity contribution in [3.63, 3.8) is 0 Å². The lowest BCUT2D eigenvalue weighted by molar-refractivity contribution is -0.163.